The zero-order chi connectivity index (χ0) is 15.1. The summed E-state index contributed by atoms with van der Waals surface area (Å²) in [7, 11) is 1.54. The van der Waals surface area contributed by atoms with Gasteiger partial charge >= 0.3 is 6.02 Å². The molecule has 0 amide bonds. The molecule has 2 rings (SSSR count). The number of nitriles is 1. The summed E-state index contributed by atoms with van der Waals surface area (Å²) in [4.78, 5) is 3.61. The number of ether oxygens (including phenoxy) is 2. The molecule has 0 bridgehead atoms. The molecule has 0 aromatic heterocycles. The van der Waals surface area contributed by atoms with Crippen molar-refractivity contribution in [3.05, 3.63) is 53.6 Å². The second kappa shape index (κ2) is 7.17. The minimum Gasteiger partial charge on any atom is -0.495 e. The quantitative estimate of drug-likeness (QED) is 0.533. The van der Waals surface area contributed by atoms with Crippen molar-refractivity contribution in [2.75, 3.05) is 12.4 Å². The fraction of sp³-hybridized carbons (Fsp3) is 0.0667. The Labute approximate surface area is 127 Å². The number of rotatable bonds is 3. The number of methoxy groups -OCH3 is 1. The molecule has 2 aromatic rings. The topological polar surface area (TPSA) is 66.6 Å². The third-order valence-corrected chi connectivity index (χ3v) is 2.75. The fourth-order valence-corrected chi connectivity index (χ4v) is 1.79. The Morgan fingerprint density at radius 2 is 2.00 bits per heavy atom. The summed E-state index contributed by atoms with van der Waals surface area (Å²) in [5.41, 5.74) is 0.551. The third-order valence-electron chi connectivity index (χ3n) is 2.51. The lowest BCUT2D eigenvalue weighted by atomic mass is 10.3. The molecule has 0 saturated carbocycles. The molecule has 0 radical (unpaired) electrons. The molecular formula is C15H12ClN3O2. The summed E-state index contributed by atoms with van der Waals surface area (Å²) in [6, 6.07) is 14.1. The van der Waals surface area contributed by atoms with Gasteiger partial charge in [-0.05, 0) is 30.3 Å². The molecular weight excluding hydrogens is 290 g/mol. The van der Waals surface area contributed by atoms with Gasteiger partial charge in [0, 0.05) is 5.02 Å². The van der Waals surface area contributed by atoms with Crippen LogP contribution in [0.4, 0.5) is 5.69 Å². The molecule has 0 spiro atoms. The molecule has 0 unspecified atom stereocenters. The second-order valence-electron chi connectivity index (χ2n) is 3.90. The molecule has 0 heterocycles. The lowest BCUT2D eigenvalue weighted by Gasteiger charge is -2.13. The zero-order valence-electron chi connectivity index (χ0n) is 11.2. The van der Waals surface area contributed by atoms with E-state index in [9.17, 15) is 0 Å². The first-order valence-corrected chi connectivity index (χ1v) is 6.41. The smallest absolute Gasteiger partial charge is 0.310 e. The molecule has 21 heavy (non-hydrogen) atoms. The number of nitrogens with one attached hydrogen (secondary N) is 1. The van der Waals surface area contributed by atoms with Gasteiger partial charge in [0.25, 0.3) is 0 Å². The summed E-state index contributed by atoms with van der Waals surface area (Å²) in [6.07, 6.45) is 1.69. The predicted molar refractivity (Wildman–Crippen MR) is 81.7 cm³/mol. The van der Waals surface area contributed by atoms with E-state index >= 15 is 0 Å². The van der Waals surface area contributed by atoms with E-state index in [0.717, 1.165) is 0 Å². The van der Waals surface area contributed by atoms with Gasteiger partial charge in [0.2, 0.25) is 6.19 Å². The summed E-state index contributed by atoms with van der Waals surface area (Å²) < 4.78 is 10.7. The maximum absolute atomic E-state index is 8.76. The van der Waals surface area contributed by atoms with E-state index in [4.69, 9.17) is 26.3 Å². The number of halogens is 1. The van der Waals surface area contributed by atoms with E-state index in [-0.39, 0.29) is 6.02 Å². The molecule has 0 aliphatic heterocycles. The highest BCUT2D eigenvalue weighted by molar-refractivity contribution is 6.31. The van der Waals surface area contributed by atoms with Crippen LogP contribution in [0.2, 0.25) is 5.02 Å². The van der Waals surface area contributed by atoms with Crippen molar-refractivity contribution in [1.82, 2.24) is 0 Å². The molecule has 0 aliphatic carbocycles. The van der Waals surface area contributed by atoms with Crippen molar-refractivity contribution >= 4 is 23.3 Å². The average molecular weight is 302 g/mol. The molecule has 2 aromatic carbocycles. The van der Waals surface area contributed by atoms with Crippen LogP contribution in [0.3, 0.4) is 0 Å². The minimum atomic E-state index is 0.0317. The number of benzene rings is 2. The molecule has 5 nitrogen and oxygen atoms in total. The predicted octanol–water partition coefficient (Wildman–Crippen LogP) is 3.68. The van der Waals surface area contributed by atoms with E-state index < -0.39 is 0 Å². The molecule has 6 heteroatoms. The highest BCUT2D eigenvalue weighted by Gasteiger charge is 2.09. The van der Waals surface area contributed by atoms with Crippen LogP contribution in [0.25, 0.3) is 0 Å². The number of hydrogen-bond donors (Lipinski definition) is 1. The number of nitrogens with zero attached hydrogens (tertiary/aromatic N) is 2. The Morgan fingerprint density at radius 3 is 2.67 bits per heavy atom. The summed E-state index contributed by atoms with van der Waals surface area (Å²) in [5, 5.41) is 12.2. The minimum absolute atomic E-state index is 0.0317. The van der Waals surface area contributed by atoms with Gasteiger partial charge in [-0.2, -0.15) is 5.26 Å². The van der Waals surface area contributed by atoms with Gasteiger partial charge in [0.15, 0.2) is 0 Å². The maximum Gasteiger partial charge on any atom is 0.310 e. The van der Waals surface area contributed by atoms with E-state index in [1.807, 2.05) is 18.2 Å². The van der Waals surface area contributed by atoms with E-state index in [0.29, 0.717) is 22.2 Å². The number of aliphatic imine (C=N–C) groups is 1. The van der Waals surface area contributed by atoms with Crippen LogP contribution in [-0.4, -0.2) is 13.1 Å². The van der Waals surface area contributed by atoms with Gasteiger partial charge in [-0.3, -0.25) is 0 Å². The summed E-state index contributed by atoms with van der Waals surface area (Å²) >= 11 is 5.95. The Kier molecular flexibility index (Phi) is 5.02. The first-order chi connectivity index (χ1) is 10.2. The monoisotopic (exact) mass is 301 g/mol. The maximum atomic E-state index is 8.76. The first-order valence-electron chi connectivity index (χ1n) is 6.03. The Bertz CT molecular complexity index is 681. The second-order valence-corrected chi connectivity index (χ2v) is 4.34. The van der Waals surface area contributed by atoms with Gasteiger partial charge in [-0.15, -0.1) is 4.99 Å². The van der Waals surface area contributed by atoms with Crippen LogP contribution in [0.15, 0.2) is 53.5 Å². The van der Waals surface area contributed by atoms with Crippen molar-refractivity contribution < 1.29 is 9.47 Å². The van der Waals surface area contributed by atoms with Crippen LogP contribution >= 0.6 is 11.6 Å². The van der Waals surface area contributed by atoms with Gasteiger partial charge < -0.3 is 14.8 Å². The van der Waals surface area contributed by atoms with Crippen molar-refractivity contribution in [2.24, 2.45) is 4.99 Å². The van der Waals surface area contributed by atoms with Gasteiger partial charge in [-0.1, -0.05) is 29.8 Å². The van der Waals surface area contributed by atoms with Crippen LogP contribution in [-0.2, 0) is 0 Å². The number of amidine groups is 1. The van der Waals surface area contributed by atoms with E-state index in [2.05, 4.69) is 10.3 Å². The van der Waals surface area contributed by atoms with Crippen LogP contribution in [0, 0.1) is 11.5 Å². The third kappa shape index (κ3) is 4.13. The first kappa shape index (κ1) is 14.7. The highest BCUT2D eigenvalue weighted by atomic mass is 35.5. The highest BCUT2D eigenvalue weighted by Crippen LogP contribution is 2.27. The van der Waals surface area contributed by atoms with Crippen molar-refractivity contribution in [3.63, 3.8) is 0 Å². The lowest BCUT2D eigenvalue weighted by Crippen LogP contribution is -2.19. The van der Waals surface area contributed by atoms with E-state index in [1.165, 1.54) is 7.11 Å². The fourth-order valence-electron chi connectivity index (χ4n) is 1.61. The van der Waals surface area contributed by atoms with Crippen molar-refractivity contribution in [1.29, 1.82) is 5.26 Å². The molecule has 0 aliphatic rings. The van der Waals surface area contributed by atoms with Crippen LogP contribution < -0.4 is 14.8 Å². The lowest BCUT2D eigenvalue weighted by molar-refractivity contribution is 0.416. The van der Waals surface area contributed by atoms with Crippen LogP contribution in [0.5, 0.6) is 11.5 Å². The largest absolute Gasteiger partial charge is 0.495 e. The van der Waals surface area contributed by atoms with E-state index in [1.54, 1.807) is 36.5 Å². The summed E-state index contributed by atoms with van der Waals surface area (Å²) in [5.74, 6) is 1.11. The van der Waals surface area contributed by atoms with Gasteiger partial charge in [0.1, 0.15) is 11.5 Å². The normalized spacial score (nSPS) is 10.6. The van der Waals surface area contributed by atoms with Gasteiger partial charge in [-0.25, -0.2) is 0 Å². The number of para-hydroxylation sites is 1. The Morgan fingerprint density at radius 1 is 1.24 bits per heavy atom. The standard InChI is InChI=1S/C15H12ClN3O2/c1-20-14-8-7-11(16)9-13(14)19-15(18-10-17)21-12-5-3-2-4-6-12/h2-9H,1H3,(H,18,19). The van der Waals surface area contributed by atoms with Crippen molar-refractivity contribution in [2.45, 2.75) is 0 Å². The zero-order valence-corrected chi connectivity index (χ0v) is 12.0. The Balaban J connectivity index is 2.23. The number of anilines is 1. The average Bonchev–Trinajstić information content (AvgIpc) is 2.49. The summed E-state index contributed by atoms with van der Waals surface area (Å²) in [6.45, 7) is 0. The Hall–Kier alpha value is -2.71. The van der Waals surface area contributed by atoms with Crippen LogP contribution in [0.1, 0.15) is 0 Å². The number of hydrogen-bond acceptors (Lipinski definition) is 4. The molecule has 0 atom stereocenters. The molecule has 0 fully saturated rings. The molecule has 106 valence electrons. The van der Waals surface area contributed by atoms with Gasteiger partial charge in [0.05, 0.1) is 12.8 Å². The molecule has 0 saturated heterocycles. The SMILES string of the molecule is COc1ccc(Cl)cc1N/C(=N/C#N)Oc1ccccc1. The van der Waals surface area contributed by atoms with Crippen molar-refractivity contribution in [3.8, 4) is 17.7 Å². The molecule has 1 N–H and O–H groups in total.